The highest BCUT2D eigenvalue weighted by molar-refractivity contribution is 5.18. The molecular weight excluding hydrogens is 267 g/mol. The molecule has 1 aliphatic rings. The van der Waals surface area contributed by atoms with Gasteiger partial charge in [0.25, 0.3) is 0 Å². The zero-order chi connectivity index (χ0) is 14.7. The Labute approximate surface area is 124 Å². The fourth-order valence-electron chi connectivity index (χ4n) is 3.06. The molecule has 1 aromatic heterocycles. The lowest BCUT2D eigenvalue weighted by Crippen LogP contribution is -2.28. The summed E-state index contributed by atoms with van der Waals surface area (Å²) in [6, 6.07) is 9.23. The number of benzene rings is 1. The van der Waals surface area contributed by atoms with Crippen molar-refractivity contribution in [1.29, 1.82) is 0 Å². The number of likely N-dealkylation sites (tertiary alicyclic amines) is 1. The molecule has 112 valence electrons. The lowest BCUT2D eigenvalue weighted by Gasteiger charge is -2.28. The van der Waals surface area contributed by atoms with Crippen molar-refractivity contribution in [2.75, 3.05) is 6.54 Å². The summed E-state index contributed by atoms with van der Waals surface area (Å²) in [6.45, 7) is 3.53. The first kappa shape index (κ1) is 14.3. The molecule has 0 spiro atoms. The molecule has 1 saturated heterocycles. The Bertz CT molecular complexity index is 596. The smallest absolute Gasteiger partial charge is 0.154 e. The molecule has 3 nitrogen and oxygen atoms in total. The highest BCUT2D eigenvalue weighted by Crippen LogP contribution is 2.32. The van der Waals surface area contributed by atoms with Gasteiger partial charge in [0.1, 0.15) is 5.82 Å². The number of hydrogen-bond acceptors (Lipinski definition) is 3. The van der Waals surface area contributed by atoms with Crippen LogP contribution in [-0.4, -0.2) is 16.6 Å². The Hall–Kier alpha value is -1.68. The maximum Gasteiger partial charge on any atom is 0.154 e. The van der Waals surface area contributed by atoms with Crippen molar-refractivity contribution >= 4 is 0 Å². The summed E-state index contributed by atoms with van der Waals surface area (Å²) in [5, 5.41) is 4.01. The summed E-state index contributed by atoms with van der Waals surface area (Å²) in [5.41, 5.74) is 1.65. The molecule has 1 fully saturated rings. The molecule has 0 bridgehead atoms. The zero-order valence-electron chi connectivity index (χ0n) is 12.4. The number of nitrogens with zero attached hydrogens (tertiary/aromatic N) is 2. The Balaban J connectivity index is 1.84. The van der Waals surface area contributed by atoms with Crippen LogP contribution in [0.5, 0.6) is 0 Å². The summed E-state index contributed by atoms with van der Waals surface area (Å²) in [7, 11) is 0. The van der Waals surface area contributed by atoms with Gasteiger partial charge < -0.3 is 4.52 Å². The predicted molar refractivity (Wildman–Crippen MR) is 79.3 cm³/mol. The van der Waals surface area contributed by atoms with Crippen LogP contribution in [0.1, 0.15) is 48.7 Å². The first-order chi connectivity index (χ1) is 10.2. The molecule has 0 N–H and O–H groups in total. The van der Waals surface area contributed by atoms with Crippen molar-refractivity contribution in [3.05, 3.63) is 53.2 Å². The summed E-state index contributed by atoms with van der Waals surface area (Å²) >= 11 is 0. The summed E-state index contributed by atoms with van der Waals surface area (Å²) in [5.74, 6) is 0.778. The summed E-state index contributed by atoms with van der Waals surface area (Å²) < 4.78 is 19.4. The molecule has 0 saturated carbocycles. The van der Waals surface area contributed by atoms with Crippen LogP contribution in [0.25, 0.3) is 0 Å². The van der Waals surface area contributed by atoms with Crippen molar-refractivity contribution in [3.8, 4) is 0 Å². The van der Waals surface area contributed by atoms with E-state index in [2.05, 4.69) is 10.1 Å². The highest BCUT2D eigenvalue weighted by Gasteiger charge is 2.26. The Kier molecular flexibility index (Phi) is 4.34. The first-order valence-electron chi connectivity index (χ1n) is 7.65. The average Bonchev–Trinajstić information content (AvgIpc) is 2.77. The van der Waals surface area contributed by atoms with E-state index in [1.54, 1.807) is 6.07 Å². The van der Waals surface area contributed by atoms with E-state index in [9.17, 15) is 4.39 Å². The minimum absolute atomic E-state index is 0.130. The number of aryl methyl sites for hydroxylation is 1. The van der Waals surface area contributed by atoms with E-state index in [-0.39, 0.29) is 11.9 Å². The van der Waals surface area contributed by atoms with Crippen LogP contribution in [0.4, 0.5) is 4.39 Å². The van der Waals surface area contributed by atoms with Gasteiger partial charge in [-0.3, -0.25) is 4.90 Å². The average molecular weight is 288 g/mol. The zero-order valence-corrected chi connectivity index (χ0v) is 12.4. The quantitative estimate of drug-likeness (QED) is 0.846. The van der Waals surface area contributed by atoms with E-state index < -0.39 is 0 Å². The molecule has 1 aliphatic heterocycles. The molecule has 0 amide bonds. The van der Waals surface area contributed by atoms with Crippen LogP contribution in [-0.2, 0) is 6.54 Å². The van der Waals surface area contributed by atoms with E-state index in [0.29, 0.717) is 6.54 Å². The van der Waals surface area contributed by atoms with Gasteiger partial charge in [-0.25, -0.2) is 4.39 Å². The van der Waals surface area contributed by atoms with E-state index in [0.717, 1.165) is 36.4 Å². The minimum atomic E-state index is -0.130. The van der Waals surface area contributed by atoms with Gasteiger partial charge in [-0.05, 0) is 32.4 Å². The fraction of sp³-hybridized carbons (Fsp3) is 0.471. The van der Waals surface area contributed by atoms with Crippen LogP contribution in [0.15, 0.2) is 34.9 Å². The maximum absolute atomic E-state index is 13.9. The third-order valence-corrected chi connectivity index (χ3v) is 4.17. The Morgan fingerprint density at radius 2 is 2.14 bits per heavy atom. The fourth-order valence-corrected chi connectivity index (χ4v) is 3.06. The molecule has 21 heavy (non-hydrogen) atoms. The van der Waals surface area contributed by atoms with Crippen molar-refractivity contribution in [3.63, 3.8) is 0 Å². The highest BCUT2D eigenvalue weighted by atomic mass is 19.1. The number of hydrogen-bond donors (Lipinski definition) is 0. The molecule has 2 heterocycles. The second-order valence-electron chi connectivity index (χ2n) is 5.80. The standard InChI is InChI=1S/C17H21FN2O/c1-13-11-17(21-19-13)16-9-3-2-6-10-20(16)12-14-7-4-5-8-15(14)18/h4-5,7-8,11,16H,2-3,6,9-10,12H2,1H3/t16-/m1/s1. The van der Waals surface area contributed by atoms with E-state index in [1.165, 1.54) is 18.9 Å². The molecule has 3 rings (SSSR count). The van der Waals surface area contributed by atoms with E-state index in [1.807, 2.05) is 25.1 Å². The summed E-state index contributed by atoms with van der Waals surface area (Å²) in [4.78, 5) is 2.32. The van der Waals surface area contributed by atoms with Crippen LogP contribution in [0.2, 0.25) is 0 Å². The van der Waals surface area contributed by atoms with Crippen LogP contribution in [0, 0.1) is 12.7 Å². The predicted octanol–water partition coefficient (Wildman–Crippen LogP) is 4.24. The number of rotatable bonds is 3. The minimum Gasteiger partial charge on any atom is -0.359 e. The van der Waals surface area contributed by atoms with Crippen LogP contribution >= 0.6 is 0 Å². The normalized spacial score (nSPS) is 20.4. The topological polar surface area (TPSA) is 29.3 Å². The van der Waals surface area contributed by atoms with Gasteiger partial charge in [-0.1, -0.05) is 36.2 Å². The van der Waals surface area contributed by atoms with Crippen molar-refractivity contribution < 1.29 is 8.91 Å². The van der Waals surface area contributed by atoms with Gasteiger partial charge >= 0.3 is 0 Å². The van der Waals surface area contributed by atoms with Crippen molar-refractivity contribution in [2.24, 2.45) is 0 Å². The lowest BCUT2D eigenvalue weighted by molar-refractivity contribution is 0.158. The number of halogens is 1. The van der Waals surface area contributed by atoms with E-state index in [4.69, 9.17) is 4.52 Å². The van der Waals surface area contributed by atoms with Gasteiger partial charge in [0.05, 0.1) is 11.7 Å². The molecule has 0 aliphatic carbocycles. The van der Waals surface area contributed by atoms with Crippen LogP contribution in [0.3, 0.4) is 0 Å². The monoisotopic (exact) mass is 288 g/mol. The van der Waals surface area contributed by atoms with Crippen molar-refractivity contribution in [1.82, 2.24) is 10.1 Å². The third kappa shape index (κ3) is 3.32. The summed E-state index contributed by atoms with van der Waals surface area (Å²) in [6.07, 6.45) is 4.59. The molecule has 1 aromatic carbocycles. The van der Waals surface area contributed by atoms with Gasteiger partial charge in [0, 0.05) is 18.2 Å². The Morgan fingerprint density at radius 1 is 1.29 bits per heavy atom. The molecule has 0 unspecified atom stereocenters. The number of aromatic nitrogens is 1. The third-order valence-electron chi connectivity index (χ3n) is 4.17. The maximum atomic E-state index is 13.9. The molecule has 1 atom stereocenters. The first-order valence-corrected chi connectivity index (χ1v) is 7.65. The molecule has 0 radical (unpaired) electrons. The Morgan fingerprint density at radius 3 is 2.90 bits per heavy atom. The molecule has 4 heteroatoms. The van der Waals surface area contributed by atoms with E-state index >= 15 is 0 Å². The van der Waals surface area contributed by atoms with Gasteiger partial charge in [0.2, 0.25) is 0 Å². The second-order valence-corrected chi connectivity index (χ2v) is 5.80. The van der Waals surface area contributed by atoms with Crippen LogP contribution < -0.4 is 0 Å². The second kappa shape index (κ2) is 6.39. The lowest BCUT2D eigenvalue weighted by atomic mass is 10.1. The molecular formula is C17H21FN2O. The van der Waals surface area contributed by atoms with Gasteiger partial charge in [-0.15, -0.1) is 0 Å². The molecule has 2 aromatic rings. The largest absolute Gasteiger partial charge is 0.359 e. The van der Waals surface area contributed by atoms with Gasteiger partial charge in [0.15, 0.2) is 5.76 Å². The van der Waals surface area contributed by atoms with Crippen molar-refractivity contribution in [2.45, 2.75) is 45.2 Å². The SMILES string of the molecule is Cc1cc([C@H]2CCCCCN2Cc2ccccc2F)on1. The van der Waals surface area contributed by atoms with Gasteiger partial charge in [-0.2, -0.15) is 0 Å².